The quantitative estimate of drug-likeness (QED) is 0.356. The van der Waals surface area contributed by atoms with Crippen molar-refractivity contribution in [3.05, 3.63) is 94.4 Å². The summed E-state index contributed by atoms with van der Waals surface area (Å²) in [6, 6.07) is 22.5. The molecule has 0 unspecified atom stereocenters. The number of hydrogen-bond acceptors (Lipinski definition) is 6. The number of rotatable bonds is 10. The van der Waals surface area contributed by atoms with Gasteiger partial charge in [-0.25, -0.2) is 0 Å². The van der Waals surface area contributed by atoms with E-state index in [-0.39, 0.29) is 23.7 Å². The Bertz CT molecular complexity index is 1310. The minimum atomic E-state index is -0.311. The zero-order valence-electron chi connectivity index (χ0n) is 20.7. The summed E-state index contributed by atoms with van der Waals surface area (Å²) in [5, 5.41) is 2.52. The number of aryl methyl sites for hydroxylation is 1. The number of nitrogens with one attached hydrogen (secondary N) is 1. The predicted molar refractivity (Wildman–Crippen MR) is 146 cm³/mol. The molecule has 1 N–H and O–H groups in total. The molecule has 0 spiro atoms. The number of carbonyl (C=O) groups is 3. The largest absolute Gasteiger partial charge is 0.493 e. The Labute approximate surface area is 220 Å². The van der Waals surface area contributed by atoms with Crippen LogP contribution in [0.25, 0.3) is 6.08 Å². The lowest BCUT2D eigenvalue weighted by Gasteiger charge is -2.12. The molecule has 1 fully saturated rings. The van der Waals surface area contributed by atoms with Crippen molar-refractivity contribution in [3.63, 3.8) is 0 Å². The number of nitrogens with zero attached hydrogens (tertiary/aromatic N) is 1. The maximum Gasteiger partial charge on any atom is 0.293 e. The number of ether oxygens (including phenoxy) is 2. The van der Waals surface area contributed by atoms with E-state index in [0.717, 1.165) is 23.7 Å². The van der Waals surface area contributed by atoms with Crippen molar-refractivity contribution < 1.29 is 23.9 Å². The van der Waals surface area contributed by atoms with E-state index < -0.39 is 0 Å². The smallest absolute Gasteiger partial charge is 0.293 e. The molecule has 3 amide bonds. The molecular weight excluding hydrogens is 488 g/mol. The third-order valence-corrected chi connectivity index (χ3v) is 6.74. The first-order valence-corrected chi connectivity index (χ1v) is 12.8. The first-order valence-electron chi connectivity index (χ1n) is 12.0. The molecule has 1 heterocycles. The van der Waals surface area contributed by atoms with Gasteiger partial charge in [-0.3, -0.25) is 19.3 Å². The molecule has 8 heteroatoms. The molecule has 0 atom stereocenters. The number of amides is 3. The third-order valence-electron chi connectivity index (χ3n) is 5.83. The number of anilines is 1. The van der Waals surface area contributed by atoms with E-state index in [1.165, 1.54) is 17.6 Å². The topological polar surface area (TPSA) is 84.9 Å². The highest BCUT2D eigenvalue weighted by molar-refractivity contribution is 8.18. The lowest BCUT2D eigenvalue weighted by Crippen LogP contribution is -2.30. The first-order chi connectivity index (χ1) is 18.0. The van der Waals surface area contributed by atoms with Gasteiger partial charge in [0.2, 0.25) is 0 Å². The van der Waals surface area contributed by atoms with Gasteiger partial charge < -0.3 is 14.8 Å². The first kappa shape index (κ1) is 26.0. The molecule has 0 aliphatic carbocycles. The summed E-state index contributed by atoms with van der Waals surface area (Å²) in [6.45, 7) is 2.21. The zero-order chi connectivity index (χ0) is 26.2. The van der Waals surface area contributed by atoms with Crippen molar-refractivity contribution in [1.29, 1.82) is 0 Å². The maximum absolute atomic E-state index is 12.8. The van der Waals surface area contributed by atoms with Gasteiger partial charge in [-0.15, -0.1) is 0 Å². The van der Waals surface area contributed by atoms with Crippen LogP contribution in [0.5, 0.6) is 11.5 Å². The lowest BCUT2D eigenvalue weighted by molar-refractivity contribution is -0.122. The van der Waals surface area contributed by atoms with Crippen LogP contribution in [0.2, 0.25) is 0 Å². The summed E-state index contributed by atoms with van der Waals surface area (Å²) in [4.78, 5) is 39.2. The fourth-order valence-electron chi connectivity index (χ4n) is 3.79. The van der Waals surface area contributed by atoms with Crippen LogP contribution in [-0.4, -0.2) is 42.2 Å². The van der Waals surface area contributed by atoms with Crippen LogP contribution in [0, 0.1) is 0 Å². The van der Waals surface area contributed by atoms with Crippen LogP contribution in [0.15, 0.2) is 77.7 Å². The van der Waals surface area contributed by atoms with Crippen molar-refractivity contribution in [1.82, 2.24) is 4.90 Å². The van der Waals surface area contributed by atoms with E-state index in [4.69, 9.17) is 9.47 Å². The molecule has 4 rings (SSSR count). The number of benzene rings is 3. The van der Waals surface area contributed by atoms with Crippen molar-refractivity contribution in [3.8, 4) is 11.5 Å². The molecule has 1 saturated heterocycles. The second-order valence-electron chi connectivity index (χ2n) is 8.37. The zero-order valence-corrected chi connectivity index (χ0v) is 21.5. The van der Waals surface area contributed by atoms with Gasteiger partial charge in [-0.2, -0.15) is 0 Å². The summed E-state index contributed by atoms with van der Waals surface area (Å²) < 4.78 is 11.1. The van der Waals surface area contributed by atoms with Crippen LogP contribution < -0.4 is 14.8 Å². The van der Waals surface area contributed by atoms with Crippen molar-refractivity contribution >= 4 is 40.6 Å². The van der Waals surface area contributed by atoms with Gasteiger partial charge in [0.1, 0.15) is 0 Å². The molecule has 190 valence electrons. The monoisotopic (exact) mass is 516 g/mol. The molecule has 3 aromatic carbocycles. The van der Waals surface area contributed by atoms with Crippen LogP contribution in [0.3, 0.4) is 0 Å². The Morgan fingerprint density at radius 1 is 0.973 bits per heavy atom. The molecular formula is C29H28N2O5S. The molecule has 37 heavy (non-hydrogen) atoms. The van der Waals surface area contributed by atoms with Crippen LogP contribution in [0.1, 0.15) is 23.6 Å². The Hall–Kier alpha value is -4.04. The van der Waals surface area contributed by atoms with E-state index >= 15 is 0 Å². The highest BCUT2D eigenvalue weighted by Crippen LogP contribution is 2.34. The average molecular weight is 517 g/mol. The Balaban J connectivity index is 1.37. The van der Waals surface area contributed by atoms with Gasteiger partial charge in [0.25, 0.3) is 17.1 Å². The fourth-order valence-corrected chi connectivity index (χ4v) is 4.65. The summed E-state index contributed by atoms with van der Waals surface area (Å²) in [5.41, 5.74) is 3.63. The lowest BCUT2D eigenvalue weighted by atomic mass is 10.1. The van der Waals surface area contributed by atoms with Gasteiger partial charge in [0.05, 0.1) is 12.0 Å². The van der Waals surface area contributed by atoms with Gasteiger partial charge in [-0.1, -0.05) is 55.5 Å². The van der Waals surface area contributed by atoms with Gasteiger partial charge >= 0.3 is 0 Å². The molecule has 0 aromatic heterocycles. The van der Waals surface area contributed by atoms with Crippen molar-refractivity contribution in [2.45, 2.75) is 19.8 Å². The van der Waals surface area contributed by atoms with Crippen LogP contribution in [-0.2, 0) is 22.4 Å². The average Bonchev–Trinajstić information content (AvgIpc) is 3.19. The SMILES string of the molecule is CCc1ccc(NC(=O)COc2ccc(/C=C3\SC(=O)N(CCc4ccccc4)C3=O)cc2OC)cc1. The third kappa shape index (κ3) is 6.80. The summed E-state index contributed by atoms with van der Waals surface area (Å²) in [5.74, 6) is 0.206. The van der Waals surface area contributed by atoms with E-state index in [9.17, 15) is 14.4 Å². The number of carbonyl (C=O) groups excluding carboxylic acids is 3. The Kier molecular flexibility index (Phi) is 8.64. The fraction of sp³-hybridized carbons (Fsp3) is 0.207. The van der Waals surface area contributed by atoms with Gasteiger partial charge in [-0.05, 0) is 71.6 Å². The van der Waals surface area contributed by atoms with Crippen LogP contribution in [0.4, 0.5) is 10.5 Å². The maximum atomic E-state index is 12.8. The van der Waals surface area contributed by atoms with E-state index in [1.807, 2.05) is 54.6 Å². The van der Waals surface area contributed by atoms with Crippen molar-refractivity contribution in [2.24, 2.45) is 0 Å². The molecule has 1 aliphatic heterocycles. The predicted octanol–water partition coefficient (Wildman–Crippen LogP) is 5.55. The number of imide groups is 1. The van der Waals surface area contributed by atoms with E-state index in [2.05, 4.69) is 12.2 Å². The number of methoxy groups -OCH3 is 1. The normalized spacial score (nSPS) is 14.2. The summed E-state index contributed by atoms with van der Waals surface area (Å²) in [7, 11) is 1.50. The molecule has 0 bridgehead atoms. The van der Waals surface area contributed by atoms with Crippen molar-refractivity contribution in [2.75, 3.05) is 25.6 Å². The second kappa shape index (κ2) is 12.3. The number of thioether (sulfide) groups is 1. The standard InChI is InChI=1S/C29H28N2O5S/c1-3-20-9-12-23(13-10-20)30-27(32)19-36-24-14-11-22(17-25(24)35-2)18-26-28(33)31(29(34)37-26)16-15-21-7-5-4-6-8-21/h4-14,17-18H,3,15-16,19H2,1-2H3,(H,30,32)/b26-18-. The van der Waals surface area contributed by atoms with Crippen LogP contribution >= 0.6 is 11.8 Å². The molecule has 1 aliphatic rings. The second-order valence-corrected chi connectivity index (χ2v) is 9.36. The van der Waals surface area contributed by atoms with Gasteiger partial charge in [0.15, 0.2) is 18.1 Å². The summed E-state index contributed by atoms with van der Waals surface area (Å²) in [6.07, 6.45) is 3.19. The van der Waals surface area contributed by atoms with E-state index in [1.54, 1.807) is 24.3 Å². The molecule has 0 saturated carbocycles. The highest BCUT2D eigenvalue weighted by Gasteiger charge is 2.34. The van der Waals surface area contributed by atoms with Gasteiger partial charge in [0, 0.05) is 12.2 Å². The van der Waals surface area contributed by atoms with E-state index in [0.29, 0.717) is 40.6 Å². The molecule has 7 nitrogen and oxygen atoms in total. The Morgan fingerprint density at radius 3 is 2.43 bits per heavy atom. The minimum absolute atomic E-state index is 0.189. The molecule has 0 radical (unpaired) electrons. The number of hydrogen-bond donors (Lipinski definition) is 1. The summed E-state index contributed by atoms with van der Waals surface area (Å²) >= 11 is 0.920. The molecule has 3 aromatic rings. The Morgan fingerprint density at radius 2 is 1.73 bits per heavy atom. The highest BCUT2D eigenvalue weighted by atomic mass is 32.2. The minimum Gasteiger partial charge on any atom is -0.493 e.